The summed E-state index contributed by atoms with van der Waals surface area (Å²) in [7, 11) is 0. The van der Waals surface area contributed by atoms with Crippen LogP contribution >= 0.6 is 0 Å². The lowest BCUT2D eigenvalue weighted by Gasteiger charge is -2.29. The summed E-state index contributed by atoms with van der Waals surface area (Å²) in [5.41, 5.74) is 6.81. The Morgan fingerprint density at radius 1 is 1.24 bits per heavy atom. The number of anilines is 2. The lowest BCUT2D eigenvalue weighted by Crippen LogP contribution is -2.48. The second kappa shape index (κ2) is 3.63. The van der Waals surface area contributed by atoms with Gasteiger partial charge in [0.2, 0.25) is 0 Å². The normalized spacial score (nSPS) is 27.8. The van der Waals surface area contributed by atoms with Crippen LogP contribution in [0.1, 0.15) is 6.42 Å². The summed E-state index contributed by atoms with van der Waals surface area (Å²) in [5.74, 6) is 0. The van der Waals surface area contributed by atoms with E-state index in [-0.39, 0.29) is 11.6 Å². The van der Waals surface area contributed by atoms with E-state index in [4.69, 9.17) is 15.2 Å². The van der Waals surface area contributed by atoms with E-state index in [9.17, 15) is 4.79 Å². The molecule has 0 aromatic heterocycles. The monoisotopic (exact) mass is 234 g/mol. The zero-order valence-corrected chi connectivity index (χ0v) is 9.39. The van der Waals surface area contributed by atoms with E-state index in [2.05, 4.69) is 0 Å². The molecule has 1 atom stereocenters. The molecule has 1 aromatic rings. The minimum atomic E-state index is -0.326. The molecule has 2 heterocycles. The number of ether oxygens (including phenoxy) is 2. The van der Waals surface area contributed by atoms with Gasteiger partial charge >= 0.3 is 6.09 Å². The smallest absolute Gasteiger partial charge is 0.415 e. The zero-order valence-electron chi connectivity index (χ0n) is 9.39. The van der Waals surface area contributed by atoms with Crippen LogP contribution in [-0.2, 0) is 9.47 Å². The number of amides is 1. The summed E-state index contributed by atoms with van der Waals surface area (Å²) in [6.45, 7) is 1.60. The molecule has 0 saturated carbocycles. The Kier molecular flexibility index (Phi) is 2.22. The number of nitrogens with zero attached hydrogens (tertiary/aromatic N) is 1. The third kappa shape index (κ3) is 1.54. The topological polar surface area (TPSA) is 64.8 Å². The number of carbonyl (C=O) groups excluding carboxylic acids is 1. The summed E-state index contributed by atoms with van der Waals surface area (Å²) in [6, 6.07) is 7.23. The zero-order chi connectivity index (χ0) is 11.9. The van der Waals surface area contributed by atoms with Crippen molar-refractivity contribution in [3.8, 4) is 0 Å². The summed E-state index contributed by atoms with van der Waals surface area (Å²) in [6.07, 6.45) is 0.503. The molecule has 2 fully saturated rings. The maximum absolute atomic E-state index is 11.8. The molecule has 5 heteroatoms. The Labute approximate surface area is 99.1 Å². The number of hydrogen-bond acceptors (Lipinski definition) is 4. The summed E-state index contributed by atoms with van der Waals surface area (Å²) in [5, 5.41) is 0. The highest BCUT2D eigenvalue weighted by Crippen LogP contribution is 2.36. The van der Waals surface area contributed by atoms with Crippen molar-refractivity contribution in [2.45, 2.75) is 12.0 Å². The Balaban J connectivity index is 1.98. The van der Waals surface area contributed by atoms with Gasteiger partial charge in [0.1, 0.15) is 12.1 Å². The molecular weight excluding hydrogens is 220 g/mol. The number of rotatable bonds is 1. The second-order valence-corrected chi connectivity index (χ2v) is 4.51. The van der Waals surface area contributed by atoms with Crippen molar-refractivity contribution in [3.05, 3.63) is 24.3 Å². The van der Waals surface area contributed by atoms with E-state index in [1.54, 1.807) is 17.0 Å². The molecule has 1 unspecified atom stereocenters. The molecule has 90 valence electrons. The number of nitrogen functional groups attached to an aromatic ring is 1. The molecule has 1 aromatic carbocycles. The summed E-state index contributed by atoms with van der Waals surface area (Å²) >= 11 is 0. The molecule has 1 spiro atoms. The van der Waals surface area contributed by atoms with Crippen LogP contribution in [0.15, 0.2) is 24.3 Å². The van der Waals surface area contributed by atoms with Crippen molar-refractivity contribution in [2.24, 2.45) is 0 Å². The van der Waals surface area contributed by atoms with Crippen molar-refractivity contribution < 1.29 is 14.3 Å². The van der Waals surface area contributed by atoms with Gasteiger partial charge in [0.05, 0.1) is 6.61 Å². The SMILES string of the molecule is Nc1ccc(N2C(=O)OCC23CCOC3)cc1. The van der Waals surface area contributed by atoms with E-state index >= 15 is 0 Å². The van der Waals surface area contributed by atoms with Gasteiger partial charge < -0.3 is 15.2 Å². The predicted octanol–water partition coefficient (Wildman–Crippen LogP) is 1.38. The summed E-state index contributed by atoms with van der Waals surface area (Å²) < 4.78 is 10.6. The van der Waals surface area contributed by atoms with Crippen LogP contribution in [-0.4, -0.2) is 31.5 Å². The first-order valence-electron chi connectivity index (χ1n) is 5.62. The highest BCUT2D eigenvalue weighted by Gasteiger charge is 2.50. The van der Waals surface area contributed by atoms with Crippen molar-refractivity contribution in [1.29, 1.82) is 0 Å². The van der Waals surface area contributed by atoms with Gasteiger partial charge in [-0.25, -0.2) is 4.79 Å². The number of nitrogens with two attached hydrogens (primary N) is 1. The standard InChI is InChI=1S/C12H14N2O3/c13-9-1-3-10(4-2-9)14-11(15)17-8-12(14)5-6-16-7-12/h1-4H,5-8,13H2. The minimum absolute atomic E-state index is 0.305. The molecular formula is C12H14N2O3. The van der Waals surface area contributed by atoms with Gasteiger partial charge in [0.25, 0.3) is 0 Å². The molecule has 2 aliphatic rings. The Hall–Kier alpha value is -1.75. The summed E-state index contributed by atoms with van der Waals surface area (Å²) in [4.78, 5) is 13.5. The van der Waals surface area contributed by atoms with Crippen molar-refractivity contribution in [1.82, 2.24) is 0 Å². The minimum Gasteiger partial charge on any atom is -0.447 e. The number of carbonyl (C=O) groups is 1. The Bertz CT molecular complexity index is 438. The molecule has 0 aliphatic carbocycles. The lowest BCUT2D eigenvalue weighted by atomic mass is 9.98. The molecule has 2 saturated heterocycles. The van der Waals surface area contributed by atoms with E-state index in [1.165, 1.54) is 0 Å². The van der Waals surface area contributed by atoms with Gasteiger partial charge in [-0.1, -0.05) is 0 Å². The molecule has 0 bridgehead atoms. The van der Waals surface area contributed by atoms with E-state index in [0.717, 1.165) is 12.1 Å². The second-order valence-electron chi connectivity index (χ2n) is 4.51. The largest absolute Gasteiger partial charge is 0.447 e. The molecule has 5 nitrogen and oxygen atoms in total. The van der Waals surface area contributed by atoms with Crippen LogP contribution in [0, 0.1) is 0 Å². The first-order chi connectivity index (χ1) is 8.21. The molecule has 1 amide bonds. The fraction of sp³-hybridized carbons (Fsp3) is 0.417. The van der Waals surface area contributed by atoms with Gasteiger partial charge in [0.15, 0.2) is 0 Å². The first-order valence-corrected chi connectivity index (χ1v) is 5.62. The van der Waals surface area contributed by atoms with Crippen LogP contribution in [0.5, 0.6) is 0 Å². The Morgan fingerprint density at radius 3 is 2.65 bits per heavy atom. The van der Waals surface area contributed by atoms with Crippen molar-refractivity contribution in [3.63, 3.8) is 0 Å². The van der Waals surface area contributed by atoms with Crippen LogP contribution in [0.3, 0.4) is 0 Å². The Morgan fingerprint density at radius 2 is 2.00 bits per heavy atom. The van der Waals surface area contributed by atoms with E-state index in [1.807, 2.05) is 12.1 Å². The van der Waals surface area contributed by atoms with Crippen molar-refractivity contribution >= 4 is 17.5 Å². The van der Waals surface area contributed by atoms with Crippen LogP contribution in [0.2, 0.25) is 0 Å². The fourth-order valence-electron chi connectivity index (χ4n) is 2.41. The number of cyclic esters (lactones) is 1. The quantitative estimate of drug-likeness (QED) is 0.746. The van der Waals surface area contributed by atoms with Crippen molar-refractivity contribution in [2.75, 3.05) is 30.5 Å². The highest BCUT2D eigenvalue weighted by atomic mass is 16.6. The van der Waals surface area contributed by atoms with Gasteiger partial charge in [0, 0.05) is 24.4 Å². The highest BCUT2D eigenvalue weighted by molar-refractivity contribution is 5.91. The molecule has 2 aliphatic heterocycles. The predicted molar refractivity (Wildman–Crippen MR) is 62.8 cm³/mol. The van der Waals surface area contributed by atoms with Gasteiger partial charge in [-0.05, 0) is 24.3 Å². The average molecular weight is 234 g/mol. The van der Waals surface area contributed by atoms with Crippen LogP contribution in [0.25, 0.3) is 0 Å². The molecule has 3 rings (SSSR count). The van der Waals surface area contributed by atoms with E-state index in [0.29, 0.717) is 25.5 Å². The molecule has 2 N–H and O–H groups in total. The first kappa shape index (κ1) is 10.4. The lowest BCUT2D eigenvalue weighted by molar-refractivity contribution is 0.156. The maximum atomic E-state index is 11.8. The van der Waals surface area contributed by atoms with Gasteiger partial charge in [-0.15, -0.1) is 0 Å². The van der Waals surface area contributed by atoms with Crippen LogP contribution in [0.4, 0.5) is 16.2 Å². The number of benzene rings is 1. The third-order valence-electron chi connectivity index (χ3n) is 3.36. The van der Waals surface area contributed by atoms with E-state index < -0.39 is 0 Å². The average Bonchev–Trinajstić information content (AvgIpc) is 2.91. The van der Waals surface area contributed by atoms with Gasteiger partial charge in [-0.3, -0.25) is 4.90 Å². The third-order valence-corrected chi connectivity index (χ3v) is 3.36. The maximum Gasteiger partial charge on any atom is 0.415 e. The molecule has 17 heavy (non-hydrogen) atoms. The number of hydrogen-bond donors (Lipinski definition) is 1. The fourth-order valence-corrected chi connectivity index (χ4v) is 2.41. The molecule has 0 radical (unpaired) electrons. The van der Waals surface area contributed by atoms with Gasteiger partial charge in [-0.2, -0.15) is 0 Å². The van der Waals surface area contributed by atoms with Crippen LogP contribution < -0.4 is 10.6 Å².